The molecule has 0 spiro atoms. The molecular formula is C12H24N2OS. The molecule has 1 amide bonds. The van der Waals surface area contributed by atoms with E-state index in [1.807, 2.05) is 39.5 Å². The first kappa shape index (κ1) is 13.8. The largest absolute Gasteiger partial charge is 0.350 e. The standard InChI is InChI=1S/C12H24N2OS/c1-9(11(15)14-12(2,3)4)13-7-10-5-6-16-8-10/h9-10,13H,5-8H2,1-4H3,(H,14,15). The lowest BCUT2D eigenvalue weighted by Gasteiger charge is -2.24. The van der Waals surface area contributed by atoms with Gasteiger partial charge in [-0.15, -0.1) is 0 Å². The van der Waals surface area contributed by atoms with Gasteiger partial charge in [0, 0.05) is 5.54 Å². The Hall–Kier alpha value is -0.220. The lowest BCUT2D eigenvalue weighted by Crippen LogP contribution is -2.50. The van der Waals surface area contributed by atoms with Crippen LogP contribution in [0.5, 0.6) is 0 Å². The second kappa shape index (κ2) is 5.92. The van der Waals surface area contributed by atoms with Crippen molar-refractivity contribution >= 4 is 17.7 Å². The van der Waals surface area contributed by atoms with Gasteiger partial charge in [0.15, 0.2) is 0 Å². The zero-order valence-corrected chi connectivity index (χ0v) is 11.6. The van der Waals surface area contributed by atoms with E-state index < -0.39 is 0 Å². The third-order valence-corrected chi connectivity index (χ3v) is 3.86. The Bertz CT molecular complexity index is 232. The second-order valence-electron chi connectivity index (χ2n) is 5.60. The highest BCUT2D eigenvalue weighted by molar-refractivity contribution is 7.99. The van der Waals surface area contributed by atoms with Gasteiger partial charge in [-0.3, -0.25) is 4.79 Å². The van der Waals surface area contributed by atoms with Crippen LogP contribution >= 0.6 is 11.8 Å². The number of nitrogens with one attached hydrogen (secondary N) is 2. The van der Waals surface area contributed by atoms with Crippen LogP contribution in [0.1, 0.15) is 34.1 Å². The molecule has 1 rings (SSSR count). The lowest BCUT2D eigenvalue weighted by atomic mass is 10.1. The summed E-state index contributed by atoms with van der Waals surface area (Å²) in [5, 5.41) is 6.31. The van der Waals surface area contributed by atoms with Crippen LogP contribution < -0.4 is 10.6 Å². The van der Waals surface area contributed by atoms with Gasteiger partial charge in [-0.1, -0.05) is 0 Å². The molecular weight excluding hydrogens is 220 g/mol. The van der Waals surface area contributed by atoms with Gasteiger partial charge in [-0.25, -0.2) is 0 Å². The topological polar surface area (TPSA) is 41.1 Å². The molecule has 2 unspecified atom stereocenters. The first-order valence-corrected chi connectivity index (χ1v) is 7.17. The molecule has 1 saturated heterocycles. The van der Waals surface area contributed by atoms with E-state index >= 15 is 0 Å². The minimum absolute atomic E-state index is 0.0928. The monoisotopic (exact) mass is 244 g/mol. The molecule has 1 aliphatic heterocycles. The van der Waals surface area contributed by atoms with Crippen LogP contribution in [0, 0.1) is 5.92 Å². The molecule has 1 heterocycles. The highest BCUT2D eigenvalue weighted by Gasteiger charge is 2.21. The summed E-state index contributed by atoms with van der Waals surface area (Å²) in [6, 6.07) is -0.0928. The number of hydrogen-bond acceptors (Lipinski definition) is 3. The van der Waals surface area contributed by atoms with Gasteiger partial charge in [0.25, 0.3) is 0 Å². The normalized spacial score (nSPS) is 23.1. The van der Waals surface area contributed by atoms with Crippen LogP contribution in [0.2, 0.25) is 0 Å². The van der Waals surface area contributed by atoms with Crippen LogP contribution in [0.25, 0.3) is 0 Å². The number of hydrogen-bond donors (Lipinski definition) is 2. The fourth-order valence-corrected chi connectivity index (χ4v) is 2.94. The molecule has 2 atom stereocenters. The van der Waals surface area contributed by atoms with E-state index in [1.54, 1.807) is 0 Å². The summed E-state index contributed by atoms with van der Waals surface area (Å²) in [4.78, 5) is 11.8. The first-order chi connectivity index (χ1) is 7.38. The molecule has 0 aliphatic carbocycles. The minimum atomic E-state index is -0.143. The number of thioether (sulfide) groups is 1. The maximum Gasteiger partial charge on any atom is 0.237 e. The number of carbonyl (C=O) groups excluding carboxylic acids is 1. The van der Waals surface area contributed by atoms with Gasteiger partial charge in [0.05, 0.1) is 6.04 Å². The quantitative estimate of drug-likeness (QED) is 0.790. The van der Waals surface area contributed by atoms with Crippen molar-refractivity contribution in [3.63, 3.8) is 0 Å². The smallest absolute Gasteiger partial charge is 0.237 e. The molecule has 0 aromatic heterocycles. The predicted octanol–water partition coefficient (Wildman–Crippen LogP) is 1.63. The highest BCUT2D eigenvalue weighted by Crippen LogP contribution is 2.22. The summed E-state index contributed by atoms with van der Waals surface area (Å²) < 4.78 is 0. The van der Waals surface area contributed by atoms with Gasteiger partial charge in [-0.05, 0) is 58.1 Å². The van der Waals surface area contributed by atoms with Crippen LogP contribution in [-0.4, -0.2) is 35.5 Å². The summed E-state index contributed by atoms with van der Waals surface area (Å²) in [6.45, 7) is 8.91. The SMILES string of the molecule is CC(NCC1CCSC1)C(=O)NC(C)(C)C. The second-order valence-corrected chi connectivity index (χ2v) is 6.75. The van der Waals surface area contributed by atoms with E-state index in [4.69, 9.17) is 0 Å². The van der Waals surface area contributed by atoms with E-state index in [9.17, 15) is 4.79 Å². The molecule has 1 aliphatic rings. The maximum atomic E-state index is 11.8. The summed E-state index contributed by atoms with van der Waals surface area (Å²) in [7, 11) is 0. The van der Waals surface area contributed by atoms with Crippen LogP contribution in [0.15, 0.2) is 0 Å². The summed E-state index contributed by atoms with van der Waals surface area (Å²) >= 11 is 2.01. The van der Waals surface area contributed by atoms with Crippen molar-refractivity contribution in [1.29, 1.82) is 0 Å². The Labute approximate surface area is 103 Å². The predicted molar refractivity (Wildman–Crippen MR) is 70.8 cm³/mol. The summed E-state index contributed by atoms with van der Waals surface area (Å²) in [6.07, 6.45) is 1.28. The molecule has 3 nitrogen and oxygen atoms in total. The fraction of sp³-hybridized carbons (Fsp3) is 0.917. The molecule has 0 aromatic carbocycles. The van der Waals surface area contributed by atoms with Gasteiger partial charge in [0.2, 0.25) is 5.91 Å². The lowest BCUT2D eigenvalue weighted by molar-refractivity contribution is -0.124. The Balaban J connectivity index is 2.23. The van der Waals surface area contributed by atoms with Crippen molar-refractivity contribution in [2.75, 3.05) is 18.1 Å². The molecule has 2 N–H and O–H groups in total. The Morgan fingerprint density at radius 2 is 2.19 bits per heavy atom. The van der Waals surface area contributed by atoms with Crippen molar-refractivity contribution < 1.29 is 4.79 Å². The van der Waals surface area contributed by atoms with Gasteiger partial charge in [-0.2, -0.15) is 11.8 Å². The van der Waals surface area contributed by atoms with Crippen LogP contribution in [0.3, 0.4) is 0 Å². The average Bonchev–Trinajstić information content (AvgIpc) is 2.63. The van der Waals surface area contributed by atoms with E-state index in [0.29, 0.717) is 0 Å². The minimum Gasteiger partial charge on any atom is -0.350 e. The Morgan fingerprint density at radius 3 is 2.69 bits per heavy atom. The maximum absolute atomic E-state index is 11.8. The summed E-state index contributed by atoms with van der Waals surface area (Å²) in [5.41, 5.74) is -0.143. The molecule has 94 valence electrons. The summed E-state index contributed by atoms with van der Waals surface area (Å²) in [5.74, 6) is 3.35. The highest BCUT2D eigenvalue weighted by atomic mass is 32.2. The fourth-order valence-electron chi connectivity index (χ4n) is 1.66. The molecule has 0 saturated carbocycles. The third kappa shape index (κ3) is 5.21. The molecule has 0 radical (unpaired) electrons. The first-order valence-electron chi connectivity index (χ1n) is 6.01. The molecule has 0 bridgehead atoms. The molecule has 1 fully saturated rings. The van der Waals surface area contributed by atoms with Crippen molar-refractivity contribution in [2.45, 2.75) is 45.7 Å². The van der Waals surface area contributed by atoms with Crippen LogP contribution in [0.4, 0.5) is 0 Å². The van der Waals surface area contributed by atoms with Crippen molar-refractivity contribution in [2.24, 2.45) is 5.92 Å². The van der Waals surface area contributed by atoms with Gasteiger partial charge in [0.1, 0.15) is 0 Å². The average molecular weight is 244 g/mol. The zero-order valence-electron chi connectivity index (χ0n) is 10.8. The van der Waals surface area contributed by atoms with Gasteiger partial charge < -0.3 is 10.6 Å². The molecule has 0 aromatic rings. The number of rotatable bonds is 4. The van der Waals surface area contributed by atoms with E-state index in [0.717, 1.165) is 12.5 Å². The van der Waals surface area contributed by atoms with Gasteiger partial charge >= 0.3 is 0 Å². The zero-order chi connectivity index (χ0) is 12.2. The number of carbonyl (C=O) groups is 1. The number of amides is 1. The Kier molecular flexibility index (Phi) is 5.12. The van der Waals surface area contributed by atoms with Crippen molar-refractivity contribution in [3.8, 4) is 0 Å². The Morgan fingerprint density at radius 1 is 1.50 bits per heavy atom. The van der Waals surface area contributed by atoms with Crippen LogP contribution in [-0.2, 0) is 4.79 Å². The van der Waals surface area contributed by atoms with E-state index in [-0.39, 0.29) is 17.5 Å². The van der Waals surface area contributed by atoms with E-state index in [1.165, 1.54) is 17.9 Å². The third-order valence-electron chi connectivity index (χ3n) is 2.63. The van der Waals surface area contributed by atoms with Crippen molar-refractivity contribution in [1.82, 2.24) is 10.6 Å². The molecule has 16 heavy (non-hydrogen) atoms. The van der Waals surface area contributed by atoms with E-state index in [2.05, 4.69) is 10.6 Å². The molecule has 4 heteroatoms. The van der Waals surface area contributed by atoms with Crippen molar-refractivity contribution in [3.05, 3.63) is 0 Å².